The molecular weight excluding hydrogens is 360 g/mol. The first-order valence-electron chi connectivity index (χ1n) is 7.88. The van der Waals surface area contributed by atoms with Crippen LogP contribution in [0.4, 0.5) is 14.5 Å². The fourth-order valence-corrected chi connectivity index (χ4v) is 2.67. The van der Waals surface area contributed by atoms with E-state index in [0.29, 0.717) is 11.3 Å². The number of aliphatic carboxylic acids is 1. The molecule has 1 heterocycles. The largest absolute Gasteiger partial charge is 0.497 e. The van der Waals surface area contributed by atoms with E-state index in [4.69, 9.17) is 14.6 Å². The molecule has 0 bridgehead atoms. The van der Waals surface area contributed by atoms with E-state index in [1.807, 2.05) is 0 Å². The Hall–Kier alpha value is -3.26. The van der Waals surface area contributed by atoms with E-state index in [-0.39, 0.29) is 29.9 Å². The van der Waals surface area contributed by atoms with Crippen molar-refractivity contribution in [2.75, 3.05) is 25.6 Å². The van der Waals surface area contributed by atoms with E-state index in [2.05, 4.69) is 5.32 Å². The summed E-state index contributed by atoms with van der Waals surface area (Å²) in [6.45, 7) is -0.476. The van der Waals surface area contributed by atoms with E-state index in [1.165, 1.54) is 7.11 Å². The van der Waals surface area contributed by atoms with Gasteiger partial charge in [-0.1, -0.05) is 12.1 Å². The first kappa shape index (κ1) is 18.5. The van der Waals surface area contributed by atoms with Crippen LogP contribution in [-0.2, 0) is 14.3 Å². The molecule has 8 heteroatoms. The van der Waals surface area contributed by atoms with E-state index < -0.39 is 29.2 Å². The fraction of sp³-hybridized carbons (Fsp3) is 0.158. The highest BCUT2D eigenvalue weighted by Crippen LogP contribution is 2.30. The predicted molar refractivity (Wildman–Crippen MR) is 92.5 cm³/mol. The van der Waals surface area contributed by atoms with Crippen molar-refractivity contribution in [1.82, 2.24) is 0 Å². The molecule has 0 saturated carbocycles. The summed E-state index contributed by atoms with van der Waals surface area (Å²) in [5.74, 6) is -3.68. The van der Waals surface area contributed by atoms with Gasteiger partial charge >= 0.3 is 5.97 Å². The van der Waals surface area contributed by atoms with Crippen LogP contribution in [0.1, 0.15) is 0 Å². The number of carbonyl (C=O) groups is 2. The van der Waals surface area contributed by atoms with Gasteiger partial charge < -0.3 is 19.9 Å². The van der Waals surface area contributed by atoms with E-state index in [9.17, 15) is 18.4 Å². The van der Waals surface area contributed by atoms with Gasteiger partial charge in [0.15, 0.2) is 0 Å². The molecule has 3 rings (SSSR count). The molecule has 1 aliphatic rings. The summed E-state index contributed by atoms with van der Waals surface area (Å²) in [6, 6.07) is 8.80. The number of rotatable bonds is 5. The molecule has 0 aromatic heterocycles. The van der Waals surface area contributed by atoms with Crippen LogP contribution in [-0.4, -0.2) is 37.3 Å². The molecule has 0 atom stereocenters. The predicted octanol–water partition coefficient (Wildman–Crippen LogP) is 2.99. The monoisotopic (exact) mass is 375 g/mol. The molecule has 1 amide bonds. The second-order valence-corrected chi connectivity index (χ2v) is 5.76. The number of carboxylic acids is 1. The Balaban J connectivity index is 1.90. The van der Waals surface area contributed by atoms with Crippen molar-refractivity contribution in [3.63, 3.8) is 0 Å². The number of carboxylic acid groups (broad SMARTS) is 1. The van der Waals surface area contributed by atoms with E-state index >= 15 is 0 Å². The topological polar surface area (TPSA) is 84.9 Å². The zero-order valence-electron chi connectivity index (χ0n) is 14.2. The van der Waals surface area contributed by atoms with Crippen LogP contribution >= 0.6 is 0 Å². The zero-order valence-corrected chi connectivity index (χ0v) is 14.2. The Morgan fingerprint density at radius 2 is 1.74 bits per heavy atom. The number of nitrogens with one attached hydrogen (secondary N) is 1. The summed E-state index contributed by atoms with van der Waals surface area (Å²) in [4.78, 5) is 23.3. The Morgan fingerprint density at radius 3 is 2.37 bits per heavy atom. The molecule has 0 aliphatic carbocycles. The van der Waals surface area contributed by atoms with Gasteiger partial charge in [-0.3, -0.25) is 4.79 Å². The Kier molecular flexibility index (Phi) is 5.18. The highest BCUT2D eigenvalue weighted by atomic mass is 19.1. The van der Waals surface area contributed by atoms with Crippen molar-refractivity contribution < 1.29 is 33.0 Å². The van der Waals surface area contributed by atoms with E-state index in [1.54, 1.807) is 24.3 Å². The molecule has 0 spiro atoms. The number of ether oxygens (including phenoxy) is 2. The van der Waals surface area contributed by atoms with Gasteiger partial charge in [-0.25, -0.2) is 13.6 Å². The lowest BCUT2D eigenvalue weighted by Gasteiger charge is -2.11. The smallest absolute Gasteiger partial charge is 0.334 e. The fourth-order valence-electron chi connectivity index (χ4n) is 2.67. The van der Waals surface area contributed by atoms with Gasteiger partial charge in [0.05, 0.1) is 31.5 Å². The Bertz CT molecular complexity index is 932. The maximum atomic E-state index is 14.4. The van der Waals surface area contributed by atoms with Crippen LogP contribution in [0.2, 0.25) is 0 Å². The summed E-state index contributed by atoms with van der Waals surface area (Å²) >= 11 is 0. The molecule has 2 N–H and O–H groups in total. The van der Waals surface area contributed by atoms with E-state index in [0.717, 1.165) is 12.1 Å². The normalized spacial score (nSPS) is 13.6. The maximum Gasteiger partial charge on any atom is 0.334 e. The molecule has 2 aromatic carbocycles. The van der Waals surface area contributed by atoms with Crippen molar-refractivity contribution in [3.8, 4) is 16.9 Å². The average molecular weight is 375 g/mol. The average Bonchev–Trinajstić information content (AvgIpc) is 3.14. The first-order valence-corrected chi connectivity index (χ1v) is 7.88. The standard InChI is InChI=1S/C19H15F2NO5/c1-26-12-4-2-3-10(5-12)11-6-15(20)17(16(21)7-11)22-18(23)13-8-27-9-14(13)19(24)25/h2-7H,8-9H2,1H3,(H,22,23)(H,24,25). The number of hydrogen-bond donors (Lipinski definition) is 2. The van der Waals surface area contributed by atoms with Gasteiger partial charge in [-0.15, -0.1) is 0 Å². The van der Waals surface area contributed by atoms with Gasteiger partial charge in [0.25, 0.3) is 5.91 Å². The molecule has 27 heavy (non-hydrogen) atoms. The molecular formula is C19H15F2NO5. The lowest BCUT2D eigenvalue weighted by Crippen LogP contribution is -2.20. The molecule has 0 saturated heterocycles. The van der Waals surface area contributed by atoms with Crippen molar-refractivity contribution >= 4 is 17.6 Å². The first-order chi connectivity index (χ1) is 12.9. The molecule has 2 aromatic rings. The second-order valence-electron chi connectivity index (χ2n) is 5.76. The van der Waals surface area contributed by atoms with Crippen LogP contribution in [0.3, 0.4) is 0 Å². The maximum absolute atomic E-state index is 14.4. The number of benzene rings is 2. The zero-order chi connectivity index (χ0) is 19.6. The Morgan fingerprint density at radius 1 is 1.07 bits per heavy atom. The van der Waals surface area contributed by atoms with Crippen LogP contribution in [0.25, 0.3) is 11.1 Å². The highest BCUT2D eigenvalue weighted by molar-refractivity contribution is 6.09. The minimum absolute atomic E-state index is 0.168. The van der Waals surface area contributed by atoms with Gasteiger partial charge in [0.2, 0.25) is 0 Å². The third kappa shape index (κ3) is 3.80. The summed E-state index contributed by atoms with van der Waals surface area (Å²) in [5.41, 5.74) is -0.267. The van der Waals surface area contributed by atoms with Crippen molar-refractivity contribution in [2.45, 2.75) is 0 Å². The number of amides is 1. The molecule has 1 aliphatic heterocycles. The van der Waals surface area contributed by atoms with Gasteiger partial charge in [0.1, 0.15) is 23.1 Å². The number of halogens is 2. The van der Waals surface area contributed by atoms with Crippen molar-refractivity contribution in [2.24, 2.45) is 0 Å². The van der Waals surface area contributed by atoms with Crippen molar-refractivity contribution in [1.29, 1.82) is 0 Å². The highest BCUT2D eigenvalue weighted by Gasteiger charge is 2.27. The molecule has 0 unspecified atom stereocenters. The summed E-state index contributed by atoms with van der Waals surface area (Å²) in [7, 11) is 1.48. The summed E-state index contributed by atoms with van der Waals surface area (Å²) < 4.78 is 38.9. The van der Waals surface area contributed by atoms with Crippen LogP contribution < -0.4 is 10.1 Å². The number of carbonyl (C=O) groups excluding carboxylic acids is 1. The minimum atomic E-state index is -1.31. The molecule has 0 radical (unpaired) electrons. The lowest BCUT2D eigenvalue weighted by molar-refractivity contribution is -0.133. The third-order valence-corrected chi connectivity index (χ3v) is 4.07. The quantitative estimate of drug-likeness (QED) is 0.839. The number of methoxy groups -OCH3 is 1. The minimum Gasteiger partial charge on any atom is -0.497 e. The molecule has 140 valence electrons. The van der Waals surface area contributed by atoms with Crippen LogP contribution in [0.15, 0.2) is 47.5 Å². The SMILES string of the molecule is COc1cccc(-c2cc(F)c(NC(=O)C3=C(C(=O)O)COC3)c(F)c2)c1. The van der Waals surface area contributed by atoms with Gasteiger partial charge in [-0.05, 0) is 35.4 Å². The number of hydrogen-bond acceptors (Lipinski definition) is 4. The summed E-state index contributed by atoms with van der Waals surface area (Å²) in [6.07, 6.45) is 0. The molecule has 6 nitrogen and oxygen atoms in total. The Labute approximate surface area is 153 Å². The van der Waals surface area contributed by atoms with Gasteiger partial charge in [-0.2, -0.15) is 0 Å². The molecule has 0 fully saturated rings. The van der Waals surface area contributed by atoms with Crippen LogP contribution in [0, 0.1) is 11.6 Å². The van der Waals surface area contributed by atoms with Crippen molar-refractivity contribution in [3.05, 3.63) is 59.2 Å². The van der Waals surface area contributed by atoms with Crippen LogP contribution in [0.5, 0.6) is 5.75 Å². The summed E-state index contributed by atoms with van der Waals surface area (Å²) in [5, 5.41) is 11.1. The van der Waals surface area contributed by atoms with Gasteiger partial charge in [0, 0.05) is 0 Å². The number of anilines is 1. The third-order valence-electron chi connectivity index (χ3n) is 4.07. The lowest BCUT2D eigenvalue weighted by atomic mass is 10.0. The second kappa shape index (κ2) is 7.55.